The van der Waals surface area contributed by atoms with E-state index in [9.17, 15) is 27.2 Å². The molecule has 0 fully saturated rings. The number of carbonyl (C=O) groups is 2. The minimum Gasteiger partial charge on any atom is -0.457 e. The van der Waals surface area contributed by atoms with Crippen LogP contribution in [0.3, 0.4) is 0 Å². The summed E-state index contributed by atoms with van der Waals surface area (Å²) in [7, 11) is -4.21. The molecule has 4 heterocycles. The summed E-state index contributed by atoms with van der Waals surface area (Å²) in [4.78, 5) is 45.6. The minimum atomic E-state index is -4.21. The number of sulfonamides is 1. The molecule has 3 aromatic carbocycles. The molecule has 0 aliphatic carbocycles. The summed E-state index contributed by atoms with van der Waals surface area (Å²) in [6.45, 7) is 2.86. The molecule has 13 heteroatoms. The number of benzene rings is 3. The lowest BCUT2D eigenvalue weighted by atomic mass is 9.85. The monoisotopic (exact) mass is 694 g/mol. The van der Waals surface area contributed by atoms with E-state index in [1.807, 2.05) is 37.3 Å². The number of halogens is 1. The Morgan fingerprint density at radius 2 is 1.80 bits per heavy atom. The fourth-order valence-electron chi connectivity index (χ4n) is 6.32. The number of esters is 2. The Morgan fingerprint density at radius 3 is 2.54 bits per heavy atom. The normalized spacial score (nSPS) is 16.7. The first kappa shape index (κ1) is 32.8. The van der Waals surface area contributed by atoms with Crippen LogP contribution in [0.1, 0.15) is 41.2 Å². The number of aryl methyl sites for hydroxylation is 1. The van der Waals surface area contributed by atoms with E-state index in [1.54, 1.807) is 29.7 Å². The van der Waals surface area contributed by atoms with Crippen LogP contribution in [-0.2, 0) is 54.3 Å². The van der Waals surface area contributed by atoms with Gasteiger partial charge in [0.1, 0.15) is 24.8 Å². The van der Waals surface area contributed by atoms with Gasteiger partial charge in [0, 0.05) is 22.9 Å². The van der Waals surface area contributed by atoms with Crippen molar-refractivity contribution in [3.05, 3.63) is 129 Å². The molecule has 2 aliphatic heterocycles. The van der Waals surface area contributed by atoms with Gasteiger partial charge in [-0.2, -0.15) is 8.42 Å². The third-order valence-electron chi connectivity index (χ3n) is 8.94. The van der Waals surface area contributed by atoms with Crippen LogP contribution in [-0.4, -0.2) is 42.3 Å². The van der Waals surface area contributed by atoms with Gasteiger partial charge in [-0.15, -0.1) is 4.40 Å². The SMILES string of the molecule is CC[C@@]1(OC(=O)CN/C(Cc2ccc(F)cc2)=N\S(=O)(=O)c2ccc(C)cc2)C(=O)OCc2c1cc1n(c2=O)Cc2cc3ccccc3nc2-1. The van der Waals surface area contributed by atoms with Crippen molar-refractivity contribution in [2.45, 2.75) is 50.3 Å². The molecule has 254 valence electrons. The van der Waals surface area contributed by atoms with Gasteiger partial charge in [0.15, 0.2) is 0 Å². The molecule has 1 N–H and O–H groups in total. The maximum absolute atomic E-state index is 13.8. The highest BCUT2D eigenvalue weighted by Gasteiger charge is 2.50. The highest BCUT2D eigenvalue weighted by Crippen LogP contribution is 2.41. The minimum absolute atomic E-state index is 0.0518. The van der Waals surface area contributed by atoms with E-state index in [1.165, 1.54) is 36.4 Å². The standard InChI is InChI=1S/C37H31FN4O7S/c1-3-37(29-18-31-34-25(17-24-6-4-5-7-30(24)40-34)20-42(31)35(44)28(29)21-48-36(37)45)49-33(43)19-39-32(16-23-10-12-26(38)13-11-23)41-50(46,47)27-14-8-22(2)9-15-27/h4-15,17-18H,3,16,19-21H2,1-2H3,(H,39,41)/t37-/m0/s1. The fourth-order valence-corrected chi connectivity index (χ4v) is 7.32. The molecule has 0 spiro atoms. The number of para-hydroxylation sites is 1. The Hall–Kier alpha value is -5.69. The van der Waals surface area contributed by atoms with Crippen molar-refractivity contribution in [3.8, 4) is 11.4 Å². The van der Waals surface area contributed by atoms with Crippen LogP contribution in [0.15, 0.2) is 99.0 Å². The second-order valence-electron chi connectivity index (χ2n) is 12.2. The summed E-state index contributed by atoms with van der Waals surface area (Å²) >= 11 is 0. The molecular formula is C37H31FN4O7S. The number of ether oxygens (including phenoxy) is 2. The maximum Gasteiger partial charge on any atom is 0.355 e. The first-order valence-electron chi connectivity index (χ1n) is 15.9. The van der Waals surface area contributed by atoms with Crippen LogP contribution in [0, 0.1) is 12.7 Å². The Labute approximate surface area is 286 Å². The molecule has 0 saturated heterocycles. The molecule has 7 rings (SSSR count). The number of hydrogen-bond donors (Lipinski definition) is 1. The predicted octanol–water partition coefficient (Wildman–Crippen LogP) is 4.70. The molecule has 11 nitrogen and oxygen atoms in total. The first-order chi connectivity index (χ1) is 24.0. The molecule has 1 atom stereocenters. The largest absolute Gasteiger partial charge is 0.457 e. The van der Waals surface area contributed by atoms with Crippen LogP contribution in [0.2, 0.25) is 0 Å². The van der Waals surface area contributed by atoms with Crippen molar-refractivity contribution in [1.29, 1.82) is 0 Å². The molecule has 0 bridgehead atoms. The van der Waals surface area contributed by atoms with Crippen molar-refractivity contribution in [2.24, 2.45) is 4.40 Å². The summed E-state index contributed by atoms with van der Waals surface area (Å²) in [5, 5.41) is 3.67. The van der Waals surface area contributed by atoms with Crippen LogP contribution in [0.4, 0.5) is 4.39 Å². The molecule has 0 amide bonds. The van der Waals surface area contributed by atoms with Gasteiger partial charge in [0.25, 0.3) is 15.6 Å². The first-order valence-corrected chi connectivity index (χ1v) is 17.4. The zero-order chi connectivity index (χ0) is 35.2. The van der Waals surface area contributed by atoms with Crippen LogP contribution >= 0.6 is 0 Å². The van der Waals surface area contributed by atoms with Gasteiger partial charge < -0.3 is 19.4 Å². The third kappa shape index (κ3) is 5.93. The molecule has 50 heavy (non-hydrogen) atoms. The second-order valence-corrected chi connectivity index (χ2v) is 13.8. The van der Waals surface area contributed by atoms with Gasteiger partial charge >= 0.3 is 11.9 Å². The quantitative estimate of drug-likeness (QED) is 0.136. The Bertz CT molecular complexity index is 2390. The Kier molecular flexibility index (Phi) is 8.30. The van der Waals surface area contributed by atoms with Crippen molar-refractivity contribution in [1.82, 2.24) is 14.9 Å². The van der Waals surface area contributed by atoms with Gasteiger partial charge in [-0.25, -0.2) is 14.2 Å². The molecule has 5 aromatic rings. The zero-order valence-corrected chi connectivity index (χ0v) is 27.9. The van der Waals surface area contributed by atoms with Crippen molar-refractivity contribution >= 4 is 38.7 Å². The molecule has 0 radical (unpaired) electrons. The lowest BCUT2D eigenvalue weighted by Gasteiger charge is -2.35. The maximum atomic E-state index is 13.8. The van der Waals surface area contributed by atoms with E-state index in [-0.39, 0.29) is 53.4 Å². The highest BCUT2D eigenvalue weighted by molar-refractivity contribution is 7.90. The number of nitrogens with one attached hydrogen (secondary N) is 1. The van der Waals surface area contributed by atoms with E-state index in [0.29, 0.717) is 17.0 Å². The number of hydrogen-bond acceptors (Lipinski definition) is 8. The van der Waals surface area contributed by atoms with E-state index in [4.69, 9.17) is 14.5 Å². The van der Waals surface area contributed by atoms with Crippen LogP contribution in [0.5, 0.6) is 0 Å². The average Bonchev–Trinajstić information content (AvgIpc) is 3.46. The lowest BCUT2D eigenvalue weighted by Crippen LogP contribution is -2.48. The zero-order valence-electron chi connectivity index (χ0n) is 27.1. The van der Waals surface area contributed by atoms with Gasteiger partial charge in [-0.3, -0.25) is 9.59 Å². The summed E-state index contributed by atoms with van der Waals surface area (Å²) in [6.07, 6.45) is -0.143. The third-order valence-corrected chi connectivity index (χ3v) is 10.3. The molecule has 0 unspecified atom stereocenters. The predicted molar refractivity (Wildman–Crippen MR) is 182 cm³/mol. The summed E-state index contributed by atoms with van der Waals surface area (Å²) in [6, 6.07) is 22.7. The van der Waals surface area contributed by atoms with E-state index in [2.05, 4.69) is 9.71 Å². The lowest BCUT2D eigenvalue weighted by molar-refractivity contribution is -0.188. The molecule has 2 aliphatic rings. The van der Waals surface area contributed by atoms with Crippen molar-refractivity contribution in [3.63, 3.8) is 0 Å². The molecular weight excluding hydrogens is 663 g/mol. The summed E-state index contributed by atoms with van der Waals surface area (Å²) in [5.41, 5.74) is 2.12. The fraction of sp³-hybridized carbons (Fsp3) is 0.216. The summed E-state index contributed by atoms with van der Waals surface area (Å²) in [5.74, 6) is -2.35. The molecule has 2 aromatic heterocycles. The van der Waals surface area contributed by atoms with Crippen molar-refractivity contribution < 1.29 is 31.9 Å². The number of carbonyl (C=O) groups excluding carboxylic acids is 2. The van der Waals surface area contributed by atoms with E-state index >= 15 is 0 Å². The number of amidine groups is 1. The van der Waals surface area contributed by atoms with Crippen LogP contribution < -0.4 is 10.9 Å². The number of aromatic nitrogens is 2. The number of rotatable bonds is 8. The van der Waals surface area contributed by atoms with Gasteiger partial charge in [-0.05, 0) is 61.4 Å². The van der Waals surface area contributed by atoms with Crippen molar-refractivity contribution in [2.75, 3.05) is 6.54 Å². The van der Waals surface area contributed by atoms with E-state index in [0.717, 1.165) is 22.0 Å². The Balaban J connectivity index is 1.20. The number of pyridine rings is 2. The Morgan fingerprint density at radius 1 is 1.06 bits per heavy atom. The smallest absolute Gasteiger partial charge is 0.355 e. The average molecular weight is 695 g/mol. The number of nitrogens with zero attached hydrogens (tertiary/aromatic N) is 3. The summed E-state index contributed by atoms with van der Waals surface area (Å²) < 4.78 is 56.9. The van der Waals surface area contributed by atoms with Gasteiger partial charge in [0.2, 0.25) is 5.60 Å². The highest BCUT2D eigenvalue weighted by atomic mass is 32.2. The number of fused-ring (bicyclic) bond motifs is 5. The second kappa shape index (κ2) is 12.6. The van der Waals surface area contributed by atoms with Gasteiger partial charge in [0.05, 0.1) is 33.9 Å². The van der Waals surface area contributed by atoms with E-state index < -0.39 is 39.9 Å². The van der Waals surface area contributed by atoms with Gasteiger partial charge in [-0.1, -0.05) is 55.0 Å². The van der Waals surface area contributed by atoms with Crippen LogP contribution in [0.25, 0.3) is 22.3 Å². The molecule has 0 saturated carbocycles. The topological polar surface area (TPSA) is 146 Å². The number of cyclic esters (lactones) is 1.